The smallest absolute Gasteiger partial charge is 0.159 e. The van der Waals surface area contributed by atoms with Gasteiger partial charge in [0.25, 0.3) is 0 Å². The van der Waals surface area contributed by atoms with Crippen molar-refractivity contribution in [3.63, 3.8) is 0 Å². The van der Waals surface area contributed by atoms with Gasteiger partial charge in [0, 0.05) is 13.5 Å². The molecular weight excluding hydrogens is 152 g/mol. The minimum absolute atomic E-state index is 0.217. The number of hydrogen-bond acceptors (Lipinski definition) is 2. The Balaban J connectivity index is 2.25. The van der Waals surface area contributed by atoms with Crippen molar-refractivity contribution >= 4 is 5.78 Å². The topological polar surface area (TPSA) is 26.3 Å². The molecule has 0 radical (unpaired) electrons. The van der Waals surface area contributed by atoms with Crippen molar-refractivity contribution in [1.82, 2.24) is 0 Å². The second-order valence-corrected chi connectivity index (χ2v) is 3.29. The van der Waals surface area contributed by atoms with E-state index >= 15 is 0 Å². The number of rotatable bonds is 4. The van der Waals surface area contributed by atoms with Gasteiger partial charge in [-0.2, -0.15) is 0 Å². The van der Waals surface area contributed by atoms with Crippen LogP contribution in [0.25, 0.3) is 0 Å². The molecule has 1 aliphatic carbocycles. The molecule has 0 saturated carbocycles. The van der Waals surface area contributed by atoms with Crippen LogP contribution in [0.4, 0.5) is 0 Å². The van der Waals surface area contributed by atoms with E-state index < -0.39 is 0 Å². The number of ether oxygens (including phenoxy) is 1. The number of ketones is 1. The maximum Gasteiger partial charge on any atom is 0.159 e. The van der Waals surface area contributed by atoms with Crippen LogP contribution in [-0.2, 0) is 9.53 Å². The van der Waals surface area contributed by atoms with Gasteiger partial charge in [-0.3, -0.25) is 4.79 Å². The van der Waals surface area contributed by atoms with E-state index in [4.69, 9.17) is 4.74 Å². The monoisotopic (exact) mass is 168 g/mol. The summed E-state index contributed by atoms with van der Waals surface area (Å²) in [6.07, 6.45) is 8.55. The van der Waals surface area contributed by atoms with Crippen molar-refractivity contribution in [1.29, 1.82) is 0 Å². The van der Waals surface area contributed by atoms with Crippen LogP contribution in [0.3, 0.4) is 0 Å². The molecule has 1 aliphatic rings. The molecule has 0 saturated heterocycles. The van der Waals surface area contributed by atoms with E-state index in [9.17, 15) is 4.79 Å². The van der Waals surface area contributed by atoms with Crippen LogP contribution in [0.1, 0.15) is 25.7 Å². The Morgan fingerprint density at radius 2 is 2.50 bits per heavy atom. The summed E-state index contributed by atoms with van der Waals surface area (Å²) >= 11 is 0. The first-order valence-electron chi connectivity index (χ1n) is 4.50. The fraction of sp³-hybridized carbons (Fsp3) is 0.700. The van der Waals surface area contributed by atoms with E-state index in [-0.39, 0.29) is 12.4 Å². The van der Waals surface area contributed by atoms with Crippen LogP contribution in [0.5, 0.6) is 0 Å². The molecule has 0 fully saturated rings. The molecule has 1 atom stereocenters. The predicted octanol–water partition coefficient (Wildman–Crippen LogP) is 1.95. The molecule has 0 heterocycles. The molecule has 12 heavy (non-hydrogen) atoms. The van der Waals surface area contributed by atoms with Gasteiger partial charge in [-0.05, 0) is 25.2 Å². The summed E-state index contributed by atoms with van der Waals surface area (Å²) in [5.41, 5.74) is 0. The Morgan fingerprint density at radius 3 is 3.08 bits per heavy atom. The van der Waals surface area contributed by atoms with Crippen molar-refractivity contribution in [2.45, 2.75) is 25.7 Å². The molecule has 0 aromatic rings. The van der Waals surface area contributed by atoms with Crippen LogP contribution >= 0.6 is 0 Å². The lowest BCUT2D eigenvalue weighted by Gasteiger charge is -2.14. The van der Waals surface area contributed by atoms with Crippen LogP contribution in [0.15, 0.2) is 12.2 Å². The number of Topliss-reactive ketones (excluding diaryl/α,β-unsaturated/α-hetero) is 1. The Kier molecular flexibility index (Phi) is 4.01. The second-order valence-electron chi connectivity index (χ2n) is 3.29. The second kappa shape index (κ2) is 5.09. The lowest BCUT2D eigenvalue weighted by atomic mass is 9.92. The molecule has 0 bridgehead atoms. The summed E-state index contributed by atoms with van der Waals surface area (Å²) < 4.78 is 4.77. The first kappa shape index (κ1) is 9.46. The fourth-order valence-electron chi connectivity index (χ4n) is 1.57. The van der Waals surface area contributed by atoms with Gasteiger partial charge in [0.2, 0.25) is 0 Å². The van der Waals surface area contributed by atoms with Crippen LogP contribution in [-0.4, -0.2) is 19.5 Å². The molecule has 0 spiro atoms. The number of carbonyl (C=O) groups is 1. The van der Waals surface area contributed by atoms with E-state index in [1.165, 1.54) is 12.8 Å². The highest BCUT2D eigenvalue weighted by Crippen LogP contribution is 2.20. The molecule has 0 N–H and O–H groups in total. The molecule has 2 heteroatoms. The Bertz CT molecular complexity index is 173. The molecular formula is C10H16O2. The predicted molar refractivity (Wildman–Crippen MR) is 48.0 cm³/mol. The van der Waals surface area contributed by atoms with Gasteiger partial charge in [0.05, 0.1) is 0 Å². The molecule has 68 valence electrons. The zero-order valence-corrected chi connectivity index (χ0v) is 7.58. The number of carbonyl (C=O) groups excluding carboxylic acids is 1. The molecule has 0 aromatic carbocycles. The van der Waals surface area contributed by atoms with E-state index in [1.807, 2.05) is 0 Å². The van der Waals surface area contributed by atoms with Crippen LogP contribution in [0.2, 0.25) is 0 Å². The van der Waals surface area contributed by atoms with Gasteiger partial charge in [0.1, 0.15) is 6.61 Å². The van der Waals surface area contributed by atoms with E-state index in [0.29, 0.717) is 12.3 Å². The Hall–Kier alpha value is -0.630. The lowest BCUT2D eigenvalue weighted by Crippen LogP contribution is -2.12. The Morgan fingerprint density at radius 1 is 1.67 bits per heavy atom. The zero-order valence-electron chi connectivity index (χ0n) is 7.58. The van der Waals surface area contributed by atoms with Crippen LogP contribution in [0, 0.1) is 5.92 Å². The minimum Gasteiger partial charge on any atom is -0.377 e. The molecule has 0 aliphatic heterocycles. The summed E-state index contributed by atoms with van der Waals surface area (Å²) in [5, 5.41) is 0. The van der Waals surface area contributed by atoms with Crippen molar-refractivity contribution in [2.75, 3.05) is 13.7 Å². The Labute approximate surface area is 73.6 Å². The van der Waals surface area contributed by atoms with Gasteiger partial charge in [-0.1, -0.05) is 12.2 Å². The standard InChI is InChI=1S/C10H16O2/c1-12-8-10(11)7-9-5-3-2-4-6-9/h3,5,9H,2,4,6-8H2,1H3. The van der Waals surface area contributed by atoms with Gasteiger partial charge in [-0.25, -0.2) is 0 Å². The number of hydrogen-bond donors (Lipinski definition) is 0. The largest absolute Gasteiger partial charge is 0.377 e. The molecule has 0 aromatic heterocycles. The number of allylic oxidation sites excluding steroid dienone is 2. The average molecular weight is 168 g/mol. The first-order valence-corrected chi connectivity index (χ1v) is 4.50. The summed E-state index contributed by atoms with van der Waals surface area (Å²) in [5.74, 6) is 0.690. The third-order valence-corrected chi connectivity index (χ3v) is 2.15. The third kappa shape index (κ3) is 3.18. The highest BCUT2D eigenvalue weighted by Gasteiger charge is 2.12. The molecule has 0 amide bonds. The quantitative estimate of drug-likeness (QED) is 0.600. The summed E-state index contributed by atoms with van der Waals surface area (Å²) in [7, 11) is 1.56. The highest BCUT2D eigenvalue weighted by atomic mass is 16.5. The maximum atomic E-state index is 11.2. The minimum atomic E-state index is 0.217. The van der Waals surface area contributed by atoms with E-state index in [2.05, 4.69) is 12.2 Å². The molecule has 1 rings (SSSR count). The van der Waals surface area contributed by atoms with Gasteiger partial charge in [0.15, 0.2) is 5.78 Å². The number of methoxy groups -OCH3 is 1. The van der Waals surface area contributed by atoms with Gasteiger partial charge < -0.3 is 4.74 Å². The van der Waals surface area contributed by atoms with E-state index in [0.717, 1.165) is 6.42 Å². The third-order valence-electron chi connectivity index (χ3n) is 2.15. The van der Waals surface area contributed by atoms with E-state index in [1.54, 1.807) is 7.11 Å². The van der Waals surface area contributed by atoms with Crippen LogP contribution < -0.4 is 0 Å². The molecule has 1 unspecified atom stereocenters. The SMILES string of the molecule is COCC(=O)CC1C=CCCC1. The summed E-state index contributed by atoms with van der Waals surface area (Å²) in [4.78, 5) is 11.2. The van der Waals surface area contributed by atoms with Gasteiger partial charge >= 0.3 is 0 Å². The zero-order chi connectivity index (χ0) is 8.81. The molecule has 2 nitrogen and oxygen atoms in total. The maximum absolute atomic E-state index is 11.2. The first-order chi connectivity index (χ1) is 5.83. The lowest BCUT2D eigenvalue weighted by molar-refractivity contribution is -0.123. The normalized spacial score (nSPS) is 22.6. The van der Waals surface area contributed by atoms with Gasteiger partial charge in [-0.15, -0.1) is 0 Å². The fourth-order valence-corrected chi connectivity index (χ4v) is 1.57. The van der Waals surface area contributed by atoms with Crippen molar-refractivity contribution in [3.05, 3.63) is 12.2 Å². The average Bonchev–Trinajstić information content (AvgIpc) is 2.06. The van der Waals surface area contributed by atoms with Crippen molar-refractivity contribution < 1.29 is 9.53 Å². The van der Waals surface area contributed by atoms with Crippen molar-refractivity contribution in [2.24, 2.45) is 5.92 Å². The summed E-state index contributed by atoms with van der Waals surface area (Å²) in [6.45, 7) is 0.268. The van der Waals surface area contributed by atoms with Crippen molar-refractivity contribution in [3.8, 4) is 0 Å². The summed E-state index contributed by atoms with van der Waals surface area (Å²) in [6, 6.07) is 0. The highest BCUT2D eigenvalue weighted by molar-refractivity contribution is 5.80.